The predicted octanol–water partition coefficient (Wildman–Crippen LogP) is 4.06. The van der Waals surface area contributed by atoms with Crippen LogP contribution in [0.15, 0.2) is 48.5 Å². The van der Waals surface area contributed by atoms with Gasteiger partial charge in [0.25, 0.3) is 0 Å². The molecule has 0 aromatic heterocycles. The average Bonchev–Trinajstić information content (AvgIpc) is 2.46. The highest BCUT2D eigenvalue weighted by Gasteiger charge is 2.07. The predicted molar refractivity (Wildman–Crippen MR) is 75.2 cm³/mol. The van der Waals surface area contributed by atoms with Crippen molar-refractivity contribution in [1.82, 2.24) is 0 Å². The number of anilines is 2. The van der Waals surface area contributed by atoms with Crippen LogP contribution in [0, 0.1) is 11.3 Å². The van der Waals surface area contributed by atoms with E-state index in [9.17, 15) is 0 Å². The van der Waals surface area contributed by atoms with E-state index in [1.807, 2.05) is 55.6 Å². The van der Waals surface area contributed by atoms with Crippen molar-refractivity contribution < 1.29 is 0 Å². The zero-order chi connectivity index (χ0) is 13.0. The molecule has 0 saturated carbocycles. The molecule has 0 saturated heterocycles. The van der Waals surface area contributed by atoms with Gasteiger partial charge in [-0.2, -0.15) is 5.26 Å². The van der Waals surface area contributed by atoms with Gasteiger partial charge < -0.3 is 4.90 Å². The summed E-state index contributed by atoms with van der Waals surface area (Å²) < 4.78 is 0. The maximum absolute atomic E-state index is 8.79. The number of rotatable bonds is 3. The molecule has 2 rings (SSSR count). The summed E-state index contributed by atoms with van der Waals surface area (Å²) in [6.45, 7) is 0. The van der Waals surface area contributed by atoms with E-state index in [1.165, 1.54) is 0 Å². The number of nitrogens with zero attached hydrogens (tertiary/aromatic N) is 2. The Morgan fingerprint density at radius 2 is 1.78 bits per heavy atom. The fourth-order valence-corrected chi connectivity index (χ4v) is 2.08. The van der Waals surface area contributed by atoms with Gasteiger partial charge in [0.2, 0.25) is 0 Å². The van der Waals surface area contributed by atoms with Gasteiger partial charge in [-0.1, -0.05) is 18.2 Å². The quantitative estimate of drug-likeness (QED) is 0.774. The minimum atomic E-state index is 0.483. The third-order valence-corrected chi connectivity index (χ3v) is 3.17. The van der Waals surface area contributed by atoms with Crippen molar-refractivity contribution in [3.8, 4) is 6.07 Å². The minimum absolute atomic E-state index is 0.483. The van der Waals surface area contributed by atoms with E-state index >= 15 is 0 Å². The fourth-order valence-electron chi connectivity index (χ4n) is 1.85. The maximum atomic E-state index is 8.79. The number of nitriles is 1. The first kappa shape index (κ1) is 12.5. The molecule has 3 heteroatoms. The first-order chi connectivity index (χ1) is 8.76. The Bertz CT molecular complexity index is 570. The van der Waals surface area contributed by atoms with Crippen LogP contribution in [-0.2, 0) is 5.88 Å². The van der Waals surface area contributed by atoms with Gasteiger partial charge in [0.05, 0.1) is 11.6 Å². The molecule has 0 aliphatic rings. The third-order valence-electron chi connectivity index (χ3n) is 2.88. The number of alkyl halides is 1. The van der Waals surface area contributed by atoms with E-state index in [0.29, 0.717) is 11.4 Å². The van der Waals surface area contributed by atoms with Crippen molar-refractivity contribution in [2.24, 2.45) is 0 Å². The molecule has 2 aromatic rings. The molecule has 0 unspecified atom stereocenters. The van der Waals surface area contributed by atoms with Crippen LogP contribution in [0.5, 0.6) is 0 Å². The lowest BCUT2D eigenvalue weighted by Gasteiger charge is -2.22. The molecule has 0 heterocycles. The van der Waals surface area contributed by atoms with Crippen LogP contribution in [0.3, 0.4) is 0 Å². The molecule has 0 spiro atoms. The lowest BCUT2D eigenvalue weighted by molar-refractivity contribution is 1.17. The van der Waals surface area contributed by atoms with Crippen LogP contribution >= 0.6 is 11.6 Å². The molecule has 0 fully saturated rings. The molecule has 18 heavy (non-hydrogen) atoms. The van der Waals surface area contributed by atoms with Gasteiger partial charge in [-0.25, -0.2) is 0 Å². The first-order valence-corrected chi connectivity index (χ1v) is 6.17. The summed E-state index contributed by atoms with van der Waals surface area (Å²) in [6, 6.07) is 17.6. The Morgan fingerprint density at radius 1 is 1.11 bits per heavy atom. The highest BCUT2D eigenvalue weighted by atomic mass is 35.5. The van der Waals surface area contributed by atoms with E-state index in [2.05, 4.69) is 11.0 Å². The summed E-state index contributed by atoms with van der Waals surface area (Å²) in [5.41, 5.74) is 3.87. The SMILES string of the molecule is CN(c1ccc(C#N)cc1)c1ccccc1CCl. The number of halogens is 1. The van der Waals surface area contributed by atoms with Crippen molar-refractivity contribution in [3.05, 3.63) is 59.7 Å². The largest absolute Gasteiger partial charge is 0.344 e. The van der Waals surface area contributed by atoms with Gasteiger partial charge in [-0.15, -0.1) is 11.6 Å². The second-order valence-electron chi connectivity index (χ2n) is 3.98. The van der Waals surface area contributed by atoms with Gasteiger partial charge in [-0.3, -0.25) is 0 Å². The van der Waals surface area contributed by atoms with Crippen LogP contribution in [-0.4, -0.2) is 7.05 Å². The lowest BCUT2D eigenvalue weighted by Crippen LogP contribution is -2.11. The van der Waals surface area contributed by atoms with Crippen LogP contribution in [0.2, 0.25) is 0 Å². The highest BCUT2D eigenvalue weighted by Crippen LogP contribution is 2.27. The van der Waals surface area contributed by atoms with Crippen LogP contribution in [0.25, 0.3) is 0 Å². The lowest BCUT2D eigenvalue weighted by atomic mass is 10.1. The van der Waals surface area contributed by atoms with Crippen molar-refractivity contribution in [2.45, 2.75) is 5.88 Å². The fraction of sp³-hybridized carbons (Fsp3) is 0.133. The Morgan fingerprint density at radius 3 is 2.39 bits per heavy atom. The molecule has 2 nitrogen and oxygen atoms in total. The topological polar surface area (TPSA) is 27.0 Å². The highest BCUT2D eigenvalue weighted by molar-refractivity contribution is 6.17. The van der Waals surface area contributed by atoms with E-state index in [-0.39, 0.29) is 0 Å². The Hall–Kier alpha value is -1.98. The van der Waals surface area contributed by atoms with Gasteiger partial charge >= 0.3 is 0 Å². The van der Waals surface area contributed by atoms with Gasteiger partial charge in [-0.05, 0) is 35.9 Å². The molecule has 90 valence electrons. The zero-order valence-corrected chi connectivity index (χ0v) is 10.9. The number of hydrogen-bond acceptors (Lipinski definition) is 2. The number of para-hydroxylation sites is 1. The molecule has 0 atom stereocenters. The van der Waals surface area contributed by atoms with Crippen molar-refractivity contribution >= 4 is 23.0 Å². The van der Waals surface area contributed by atoms with Crippen LogP contribution in [0.4, 0.5) is 11.4 Å². The second-order valence-corrected chi connectivity index (χ2v) is 4.25. The van der Waals surface area contributed by atoms with Gasteiger partial charge in [0.15, 0.2) is 0 Å². The Labute approximate surface area is 112 Å². The van der Waals surface area contributed by atoms with Crippen molar-refractivity contribution in [1.29, 1.82) is 5.26 Å². The number of hydrogen-bond donors (Lipinski definition) is 0. The Balaban J connectivity index is 2.35. The summed E-state index contributed by atoms with van der Waals surface area (Å²) >= 11 is 5.94. The smallest absolute Gasteiger partial charge is 0.0991 e. The van der Waals surface area contributed by atoms with Crippen molar-refractivity contribution in [2.75, 3.05) is 11.9 Å². The van der Waals surface area contributed by atoms with E-state index in [0.717, 1.165) is 16.9 Å². The number of benzene rings is 2. The third kappa shape index (κ3) is 2.47. The molecule has 0 bridgehead atoms. The molecular weight excluding hydrogens is 244 g/mol. The second kappa shape index (κ2) is 5.57. The summed E-state index contributed by atoms with van der Waals surface area (Å²) in [4.78, 5) is 2.07. The molecule has 0 radical (unpaired) electrons. The molecule has 0 N–H and O–H groups in total. The zero-order valence-electron chi connectivity index (χ0n) is 10.1. The van der Waals surface area contributed by atoms with E-state index in [4.69, 9.17) is 16.9 Å². The summed E-state index contributed by atoms with van der Waals surface area (Å²) in [6.07, 6.45) is 0. The minimum Gasteiger partial charge on any atom is -0.344 e. The molecule has 0 amide bonds. The molecule has 0 aliphatic heterocycles. The first-order valence-electron chi connectivity index (χ1n) is 5.64. The monoisotopic (exact) mass is 256 g/mol. The normalized spacial score (nSPS) is 9.83. The van der Waals surface area contributed by atoms with Crippen molar-refractivity contribution in [3.63, 3.8) is 0 Å². The average molecular weight is 257 g/mol. The Kier molecular flexibility index (Phi) is 3.86. The molecule has 0 aliphatic carbocycles. The summed E-state index contributed by atoms with van der Waals surface area (Å²) in [5.74, 6) is 0.483. The summed E-state index contributed by atoms with van der Waals surface area (Å²) in [5, 5.41) is 8.79. The van der Waals surface area contributed by atoms with Gasteiger partial charge in [0.1, 0.15) is 0 Å². The van der Waals surface area contributed by atoms with Gasteiger partial charge in [0, 0.05) is 24.3 Å². The van der Waals surface area contributed by atoms with E-state index in [1.54, 1.807) is 0 Å². The van der Waals surface area contributed by atoms with E-state index < -0.39 is 0 Å². The summed E-state index contributed by atoms with van der Waals surface area (Å²) in [7, 11) is 1.99. The van der Waals surface area contributed by atoms with Crippen LogP contribution in [0.1, 0.15) is 11.1 Å². The van der Waals surface area contributed by atoms with Crippen LogP contribution < -0.4 is 4.90 Å². The molecule has 2 aromatic carbocycles. The molecular formula is C15H13ClN2. The maximum Gasteiger partial charge on any atom is 0.0991 e. The standard InChI is InChI=1S/C15H13ClN2/c1-18(14-8-6-12(11-17)7-9-14)15-5-3-2-4-13(15)10-16/h2-9H,10H2,1H3.